The summed E-state index contributed by atoms with van der Waals surface area (Å²) in [6, 6.07) is 11.4. The zero-order chi connectivity index (χ0) is 19.1. The molecule has 4 nitrogen and oxygen atoms in total. The fourth-order valence-corrected chi connectivity index (χ4v) is 3.02. The minimum atomic E-state index is -0.288. The largest absolute Gasteiger partial charge is 0.497 e. The zero-order valence-corrected chi connectivity index (χ0v) is 15.3. The summed E-state index contributed by atoms with van der Waals surface area (Å²) >= 11 is 0. The number of aromatic nitrogens is 2. The standard InChI is InChI=1S/C21H23F2N3O/c1-27-19-7-8-21(23)18(13-19)15-26(11-4-10-25-12-9-24-16-25)14-17-5-2-3-6-20(17)22/h2-3,5-9,12-13,16H,4,10-11,14-15H2,1H3. The lowest BCUT2D eigenvalue weighted by molar-refractivity contribution is 0.241. The number of ether oxygens (including phenoxy) is 1. The van der Waals surface area contributed by atoms with Gasteiger partial charge in [0.25, 0.3) is 0 Å². The molecule has 0 spiro atoms. The summed E-state index contributed by atoms with van der Waals surface area (Å²) in [4.78, 5) is 6.08. The van der Waals surface area contributed by atoms with Crippen molar-refractivity contribution in [2.75, 3.05) is 13.7 Å². The monoisotopic (exact) mass is 371 g/mol. The molecule has 3 aromatic rings. The quantitative estimate of drug-likeness (QED) is 0.563. The van der Waals surface area contributed by atoms with E-state index >= 15 is 0 Å². The maximum absolute atomic E-state index is 14.3. The van der Waals surface area contributed by atoms with Crippen molar-refractivity contribution in [1.82, 2.24) is 14.5 Å². The Bertz CT molecular complexity index is 852. The molecule has 0 radical (unpaired) electrons. The Labute approximate surface area is 158 Å². The maximum atomic E-state index is 14.3. The van der Waals surface area contributed by atoms with Crippen molar-refractivity contribution in [2.24, 2.45) is 0 Å². The average Bonchev–Trinajstić information content (AvgIpc) is 3.18. The van der Waals surface area contributed by atoms with Gasteiger partial charge in [-0.05, 0) is 30.7 Å². The molecule has 0 aliphatic carbocycles. The molecule has 0 fully saturated rings. The van der Waals surface area contributed by atoms with Crippen LogP contribution in [-0.4, -0.2) is 28.1 Å². The van der Waals surface area contributed by atoms with E-state index in [1.165, 1.54) is 12.1 Å². The number of benzene rings is 2. The predicted molar refractivity (Wildman–Crippen MR) is 100 cm³/mol. The van der Waals surface area contributed by atoms with Crippen molar-refractivity contribution in [3.8, 4) is 5.75 Å². The summed E-state index contributed by atoms with van der Waals surface area (Å²) in [5, 5.41) is 0. The molecular formula is C21H23F2N3O. The molecule has 2 aromatic carbocycles. The van der Waals surface area contributed by atoms with Crippen molar-refractivity contribution < 1.29 is 13.5 Å². The van der Waals surface area contributed by atoms with E-state index in [0.717, 1.165) is 13.0 Å². The van der Waals surface area contributed by atoms with Crippen molar-refractivity contribution in [1.29, 1.82) is 0 Å². The van der Waals surface area contributed by atoms with Crippen molar-refractivity contribution in [3.63, 3.8) is 0 Å². The van der Waals surface area contributed by atoms with Gasteiger partial charge in [0, 0.05) is 49.7 Å². The normalized spacial score (nSPS) is 11.1. The van der Waals surface area contributed by atoms with Crippen LogP contribution in [0.15, 0.2) is 61.2 Å². The van der Waals surface area contributed by atoms with Gasteiger partial charge in [-0.2, -0.15) is 0 Å². The van der Waals surface area contributed by atoms with Crippen LogP contribution in [-0.2, 0) is 19.6 Å². The summed E-state index contributed by atoms with van der Waals surface area (Å²) in [6.45, 7) is 2.28. The molecule has 27 heavy (non-hydrogen) atoms. The number of rotatable bonds is 9. The molecule has 0 N–H and O–H groups in total. The van der Waals surface area contributed by atoms with Gasteiger partial charge in [0.05, 0.1) is 13.4 Å². The molecule has 0 aliphatic heterocycles. The fraction of sp³-hybridized carbons (Fsp3) is 0.286. The lowest BCUT2D eigenvalue weighted by Crippen LogP contribution is -2.26. The second kappa shape index (κ2) is 9.28. The summed E-state index contributed by atoms with van der Waals surface area (Å²) < 4.78 is 35.6. The fourth-order valence-electron chi connectivity index (χ4n) is 3.02. The van der Waals surface area contributed by atoms with Crippen molar-refractivity contribution >= 4 is 0 Å². The first-order valence-corrected chi connectivity index (χ1v) is 8.89. The molecule has 0 aliphatic rings. The van der Waals surface area contributed by atoms with Gasteiger partial charge in [0.2, 0.25) is 0 Å². The topological polar surface area (TPSA) is 30.3 Å². The summed E-state index contributed by atoms with van der Waals surface area (Å²) in [6.07, 6.45) is 6.25. The highest BCUT2D eigenvalue weighted by atomic mass is 19.1. The second-order valence-corrected chi connectivity index (χ2v) is 6.41. The Morgan fingerprint density at radius 2 is 1.81 bits per heavy atom. The Morgan fingerprint density at radius 1 is 1.04 bits per heavy atom. The molecule has 142 valence electrons. The highest BCUT2D eigenvalue weighted by Gasteiger charge is 2.13. The number of aryl methyl sites for hydroxylation is 1. The minimum Gasteiger partial charge on any atom is -0.497 e. The number of imidazole rings is 1. The summed E-state index contributed by atoms with van der Waals surface area (Å²) in [7, 11) is 1.55. The molecular weight excluding hydrogens is 348 g/mol. The van der Waals surface area contributed by atoms with E-state index < -0.39 is 0 Å². The number of halogens is 2. The van der Waals surface area contributed by atoms with Gasteiger partial charge in [0.15, 0.2) is 0 Å². The highest BCUT2D eigenvalue weighted by Crippen LogP contribution is 2.20. The summed E-state index contributed by atoms with van der Waals surface area (Å²) in [5.41, 5.74) is 1.14. The van der Waals surface area contributed by atoms with E-state index in [0.29, 0.717) is 36.5 Å². The molecule has 0 unspecified atom stereocenters. The van der Waals surface area contributed by atoms with Crippen LogP contribution >= 0.6 is 0 Å². The average molecular weight is 371 g/mol. The molecule has 6 heteroatoms. The molecule has 0 amide bonds. The first kappa shape index (κ1) is 19.0. The minimum absolute atomic E-state index is 0.247. The van der Waals surface area contributed by atoms with E-state index in [2.05, 4.69) is 4.98 Å². The Balaban J connectivity index is 1.73. The van der Waals surface area contributed by atoms with Gasteiger partial charge in [0.1, 0.15) is 17.4 Å². The predicted octanol–water partition coefficient (Wildman–Crippen LogP) is 4.26. The van der Waals surface area contributed by atoms with E-state index in [9.17, 15) is 8.78 Å². The third-order valence-corrected chi connectivity index (χ3v) is 4.45. The lowest BCUT2D eigenvalue weighted by Gasteiger charge is -2.23. The van der Waals surface area contributed by atoms with Crippen LogP contribution in [0.2, 0.25) is 0 Å². The van der Waals surface area contributed by atoms with Crippen LogP contribution in [0, 0.1) is 11.6 Å². The first-order chi connectivity index (χ1) is 13.2. The number of methoxy groups -OCH3 is 1. The van der Waals surface area contributed by atoms with Gasteiger partial charge in [-0.25, -0.2) is 13.8 Å². The van der Waals surface area contributed by atoms with E-state index in [1.54, 1.807) is 43.9 Å². The molecule has 1 heterocycles. The van der Waals surface area contributed by atoms with Crippen LogP contribution in [0.25, 0.3) is 0 Å². The number of nitrogens with zero attached hydrogens (tertiary/aromatic N) is 3. The number of hydrogen-bond donors (Lipinski definition) is 0. The van der Waals surface area contributed by atoms with Crippen LogP contribution in [0.5, 0.6) is 5.75 Å². The molecule has 0 bridgehead atoms. The van der Waals surface area contributed by atoms with Gasteiger partial charge >= 0.3 is 0 Å². The smallest absolute Gasteiger partial charge is 0.127 e. The van der Waals surface area contributed by atoms with Crippen molar-refractivity contribution in [3.05, 3.63) is 83.9 Å². The van der Waals surface area contributed by atoms with Crippen LogP contribution in [0.4, 0.5) is 8.78 Å². The Morgan fingerprint density at radius 3 is 2.56 bits per heavy atom. The third kappa shape index (κ3) is 5.37. The number of hydrogen-bond acceptors (Lipinski definition) is 3. The second-order valence-electron chi connectivity index (χ2n) is 6.41. The van der Waals surface area contributed by atoms with Crippen LogP contribution in [0.1, 0.15) is 17.5 Å². The Hall–Kier alpha value is -2.73. The third-order valence-electron chi connectivity index (χ3n) is 4.45. The van der Waals surface area contributed by atoms with E-state index in [1.807, 2.05) is 21.7 Å². The van der Waals surface area contributed by atoms with Gasteiger partial charge < -0.3 is 9.30 Å². The Kier molecular flexibility index (Phi) is 6.54. The summed E-state index contributed by atoms with van der Waals surface area (Å²) in [5.74, 6) is 0.0721. The highest BCUT2D eigenvalue weighted by molar-refractivity contribution is 5.30. The lowest BCUT2D eigenvalue weighted by atomic mass is 10.1. The molecule has 0 saturated carbocycles. The molecule has 1 aromatic heterocycles. The molecule has 3 rings (SSSR count). The molecule has 0 atom stereocenters. The first-order valence-electron chi connectivity index (χ1n) is 8.89. The van der Waals surface area contributed by atoms with Crippen LogP contribution < -0.4 is 4.74 Å². The van der Waals surface area contributed by atoms with E-state index in [4.69, 9.17) is 4.74 Å². The molecule has 0 saturated heterocycles. The zero-order valence-electron chi connectivity index (χ0n) is 15.3. The SMILES string of the molecule is COc1ccc(F)c(CN(CCCn2ccnc2)Cc2ccccc2F)c1. The van der Waals surface area contributed by atoms with Gasteiger partial charge in [-0.15, -0.1) is 0 Å². The van der Waals surface area contributed by atoms with Gasteiger partial charge in [-0.1, -0.05) is 18.2 Å². The maximum Gasteiger partial charge on any atom is 0.127 e. The van der Waals surface area contributed by atoms with E-state index in [-0.39, 0.29) is 11.6 Å². The van der Waals surface area contributed by atoms with Crippen molar-refractivity contribution in [2.45, 2.75) is 26.1 Å². The van der Waals surface area contributed by atoms with Crippen LogP contribution in [0.3, 0.4) is 0 Å². The van der Waals surface area contributed by atoms with Gasteiger partial charge in [-0.3, -0.25) is 4.90 Å².